The standard InChI is InChI=1S/C19H23ClN2O3S/c1-21(18-6-4-3-5-7-18)19(23)13-15-22(26(2,24)25)14-12-16-8-10-17(20)11-9-16/h3-11H,12-15H2,1-2H3. The van der Waals surface area contributed by atoms with Crippen LogP contribution in [0.2, 0.25) is 5.02 Å². The van der Waals surface area contributed by atoms with Crippen LogP contribution in [0.25, 0.3) is 0 Å². The fourth-order valence-corrected chi connectivity index (χ4v) is 3.50. The molecule has 1 amide bonds. The largest absolute Gasteiger partial charge is 0.315 e. The molecule has 0 fully saturated rings. The van der Waals surface area contributed by atoms with E-state index in [4.69, 9.17) is 11.6 Å². The Bertz CT molecular complexity index is 824. The summed E-state index contributed by atoms with van der Waals surface area (Å²) in [5.74, 6) is -0.128. The van der Waals surface area contributed by atoms with Gasteiger partial charge in [-0.1, -0.05) is 41.9 Å². The van der Waals surface area contributed by atoms with E-state index in [0.717, 1.165) is 11.3 Å². The number of benzene rings is 2. The number of rotatable bonds is 8. The molecule has 0 saturated carbocycles. The van der Waals surface area contributed by atoms with E-state index in [9.17, 15) is 13.2 Å². The number of amides is 1. The van der Waals surface area contributed by atoms with Crippen molar-refractivity contribution in [3.05, 3.63) is 65.2 Å². The van der Waals surface area contributed by atoms with Crippen molar-refractivity contribution < 1.29 is 13.2 Å². The Morgan fingerprint density at radius 3 is 2.19 bits per heavy atom. The molecule has 0 aromatic heterocycles. The van der Waals surface area contributed by atoms with Crippen LogP contribution in [0.5, 0.6) is 0 Å². The van der Waals surface area contributed by atoms with Crippen molar-refractivity contribution in [2.45, 2.75) is 12.8 Å². The van der Waals surface area contributed by atoms with E-state index in [1.54, 1.807) is 24.1 Å². The van der Waals surface area contributed by atoms with Gasteiger partial charge in [-0.05, 0) is 36.2 Å². The van der Waals surface area contributed by atoms with Gasteiger partial charge in [0, 0.05) is 37.3 Å². The lowest BCUT2D eigenvalue weighted by Crippen LogP contribution is -2.36. The smallest absolute Gasteiger partial charge is 0.228 e. The van der Waals surface area contributed by atoms with Gasteiger partial charge in [0.25, 0.3) is 0 Å². The minimum Gasteiger partial charge on any atom is -0.315 e. The van der Waals surface area contributed by atoms with E-state index in [1.807, 2.05) is 42.5 Å². The first-order chi connectivity index (χ1) is 12.3. The number of hydrogen-bond acceptors (Lipinski definition) is 3. The molecule has 7 heteroatoms. The van der Waals surface area contributed by atoms with E-state index in [2.05, 4.69) is 0 Å². The number of para-hydroxylation sites is 1. The summed E-state index contributed by atoms with van der Waals surface area (Å²) in [4.78, 5) is 13.9. The molecule has 0 unspecified atom stereocenters. The van der Waals surface area contributed by atoms with Crippen molar-refractivity contribution in [3.63, 3.8) is 0 Å². The topological polar surface area (TPSA) is 57.7 Å². The molecular formula is C19H23ClN2O3S. The molecule has 0 aliphatic heterocycles. The van der Waals surface area contributed by atoms with Crippen LogP contribution in [0.4, 0.5) is 5.69 Å². The first-order valence-corrected chi connectivity index (χ1v) is 10.5. The van der Waals surface area contributed by atoms with Crippen LogP contribution in [0.3, 0.4) is 0 Å². The van der Waals surface area contributed by atoms with Gasteiger partial charge in [-0.3, -0.25) is 4.79 Å². The van der Waals surface area contributed by atoms with E-state index in [1.165, 1.54) is 10.6 Å². The quantitative estimate of drug-likeness (QED) is 0.690. The molecule has 0 bridgehead atoms. The Morgan fingerprint density at radius 2 is 1.62 bits per heavy atom. The summed E-state index contributed by atoms with van der Waals surface area (Å²) in [6.07, 6.45) is 1.85. The summed E-state index contributed by atoms with van der Waals surface area (Å²) in [7, 11) is -1.70. The molecule has 2 rings (SSSR count). The maximum atomic E-state index is 12.4. The second kappa shape index (κ2) is 9.16. The van der Waals surface area contributed by atoms with Crippen molar-refractivity contribution in [2.75, 3.05) is 31.3 Å². The van der Waals surface area contributed by atoms with Crippen molar-refractivity contribution >= 4 is 33.2 Å². The maximum Gasteiger partial charge on any atom is 0.228 e. The molecule has 0 N–H and O–H groups in total. The minimum atomic E-state index is -3.39. The third-order valence-electron chi connectivity index (χ3n) is 4.12. The average Bonchev–Trinajstić information content (AvgIpc) is 2.62. The highest BCUT2D eigenvalue weighted by atomic mass is 35.5. The molecule has 0 spiro atoms. The summed E-state index contributed by atoms with van der Waals surface area (Å²) < 4.78 is 25.4. The van der Waals surface area contributed by atoms with Crippen LogP contribution < -0.4 is 4.90 Å². The van der Waals surface area contributed by atoms with Crippen LogP contribution in [0, 0.1) is 0 Å². The molecule has 140 valence electrons. The molecule has 2 aromatic carbocycles. The van der Waals surface area contributed by atoms with Gasteiger partial charge in [0.1, 0.15) is 0 Å². The maximum absolute atomic E-state index is 12.4. The van der Waals surface area contributed by atoms with Crippen molar-refractivity contribution in [3.8, 4) is 0 Å². The van der Waals surface area contributed by atoms with Gasteiger partial charge >= 0.3 is 0 Å². The van der Waals surface area contributed by atoms with Crippen LogP contribution in [0.1, 0.15) is 12.0 Å². The van der Waals surface area contributed by atoms with Crippen molar-refractivity contribution in [1.82, 2.24) is 4.31 Å². The zero-order valence-electron chi connectivity index (χ0n) is 14.9. The number of carbonyl (C=O) groups is 1. The fraction of sp³-hybridized carbons (Fsp3) is 0.316. The van der Waals surface area contributed by atoms with Crippen LogP contribution in [0.15, 0.2) is 54.6 Å². The first-order valence-electron chi connectivity index (χ1n) is 8.28. The fourth-order valence-electron chi connectivity index (χ4n) is 2.53. The van der Waals surface area contributed by atoms with E-state index in [-0.39, 0.29) is 18.9 Å². The lowest BCUT2D eigenvalue weighted by molar-refractivity contribution is -0.118. The minimum absolute atomic E-state index is 0.124. The molecule has 0 aliphatic carbocycles. The molecule has 0 saturated heterocycles. The number of sulfonamides is 1. The number of hydrogen-bond donors (Lipinski definition) is 0. The third kappa shape index (κ3) is 6.12. The average molecular weight is 395 g/mol. The van der Waals surface area contributed by atoms with E-state index < -0.39 is 10.0 Å². The first kappa shape index (κ1) is 20.4. The number of anilines is 1. The number of halogens is 1. The van der Waals surface area contributed by atoms with Crippen molar-refractivity contribution in [2.24, 2.45) is 0 Å². The van der Waals surface area contributed by atoms with Crippen molar-refractivity contribution in [1.29, 1.82) is 0 Å². The van der Waals surface area contributed by atoms with E-state index in [0.29, 0.717) is 18.0 Å². The molecule has 0 radical (unpaired) electrons. The van der Waals surface area contributed by atoms with Gasteiger partial charge < -0.3 is 4.90 Å². The molecule has 0 atom stereocenters. The van der Waals surface area contributed by atoms with Crippen LogP contribution in [-0.4, -0.2) is 45.0 Å². The van der Waals surface area contributed by atoms with Gasteiger partial charge in [0.05, 0.1) is 6.26 Å². The summed E-state index contributed by atoms with van der Waals surface area (Å²) in [6, 6.07) is 16.6. The predicted octanol–water partition coefficient (Wildman–Crippen LogP) is 3.20. The Labute approximate surface area is 160 Å². The lowest BCUT2D eigenvalue weighted by Gasteiger charge is -2.22. The van der Waals surface area contributed by atoms with Gasteiger partial charge in [-0.2, -0.15) is 0 Å². The third-order valence-corrected chi connectivity index (χ3v) is 5.68. The highest BCUT2D eigenvalue weighted by molar-refractivity contribution is 7.88. The number of nitrogens with zero attached hydrogens (tertiary/aromatic N) is 2. The SMILES string of the molecule is CN(C(=O)CCN(CCc1ccc(Cl)cc1)S(C)(=O)=O)c1ccccc1. The molecule has 5 nitrogen and oxygen atoms in total. The predicted molar refractivity (Wildman–Crippen MR) is 106 cm³/mol. The summed E-state index contributed by atoms with van der Waals surface area (Å²) in [5.41, 5.74) is 1.78. The molecular weight excluding hydrogens is 372 g/mol. The Morgan fingerprint density at radius 1 is 1.00 bits per heavy atom. The zero-order valence-corrected chi connectivity index (χ0v) is 16.5. The zero-order chi connectivity index (χ0) is 19.2. The second-order valence-corrected chi connectivity index (χ2v) is 8.50. The molecule has 0 heterocycles. The lowest BCUT2D eigenvalue weighted by atomic mass is 10.1. The summed E-state index contributed by atoms with van der Waals surface area (Å²) in [6.45, 7) is 0.477. The van der Waals surface area contributed by atoms with Crippen LogP contribution >= 0.6 is 11.6 Å². The highest BCUT2D eigenvalue weighted by Gasteiger charge is 2.19. The van der Waals surface area contributed by atoms with Gasteiger partial charge in [0.2, 0.25) is 15.9 Å². The Balaban J connectivity index is 1.95. The highest BCUT2D eigenvalue weighted by Crippen LogP contribution is 2.14. The second-order valence-electron chi connectivity index (χ2n) is 6.08. The molecule has 2 aromatic rings. The van der Waals surface area contributed by atoms with Gasteiger partial charge in [-0.15, -0.1) is 0 Å². The summed E-state index contributed by atoms with van der Waals surface area (Å²) >= 11 is 5.86. The summed E-state index contributed by atoms with van der Waals surface area (Å²) in [5, 5.41) is 0.642. The Kier molecular flexibility index (Phi) is 7.20. The van der Waals surface area contributed by atoms with Crippen LogP contribution in [-0.2, 0) is 21.2 Å². The molecule has 26 heavy (non-hydrogen) atoms. The normalized spacial score (nSPS) is 11.5. The van der Waals surface area contributed by atoms with Gasteiger partial charge in [-0.25, -0.2) is 12.7 Å². The van der Waals surface area contributed by atoms with E-state index >= 15 is 0 Å². The molecule has 0 aliphatic rings. The monoisotopic (exact) mass is 394 g/mol. The Hall–Kier alpha value is -1.89. The van der Waals surface area contributed by atoms with Gasteiger partial charge in [0.15, 0.2) is 0 Å². The number of carbonyl (C=O) groups excluding carboxylic acids is 1.